The van der Waals surface area contributed by atoms with Crippen molar-refractivity contribution in [3.05, 3.63) is 57.9 Å². The fraction of sp³-hybridized carbons (Fsp3) is 0.154. The van der Waals surface area contributed by atoms with Crippen molar-refractivity contribution in [2.45, 2.75) is 13.3 Å². The van der Waals surface area contributed by atoms with Crippen LogP contribution in [0, 0.1) is 10.1 Å². The Balaban J connectivity index is 2.46. The van der Waals surface area contributed by atoms with Crippen molar-refractivity contribution in [3.8, 4) is 0 Å². The SMILES string of the molecule is CCC(=Cc1ccc2ccccc2n1)[N+](=O)[O-]. The highest BCUT2D eigenvalue weighted by Crippen LogP contribution is 2.14. The van der Waals surface area contributed by atoms with Crippen LogP contribution in [0.5, 0.6) is 0 Å². The topological polar surface area (TPSA) is 56.0 Å². The van der Waals surface area contributed by atoms with E-state index < -0.39 is 0 Å². The average molecular weight is 228 g/mol. The highest BCUT2D eigenvalue weighted by atomic mass is 16.6. The zero-order valence-electron chi connectivity index (χ0n) is 9.46. The summed E-state index contributed by atoms with van der Waals surface area (Å²) in [5.41, 5.74) is 1.64. The molecule has 0 bridgehead atoms. The third kappa shape index (κ3) is 2.47. The van der Waals surface area contributed by atoms with Crippen LogP contribution < -0.4 is 0 Å². The first-order valence-electron chi connectivity index (χ1n) is 5.41. The maximum atomic E-state index is 10.7. The van der Waals surface area contributed by atoms with Crippen LogP contribution in [0.25, 0.3) is 17.0 Å². The molecule has 0 atom stereocenters. The van der Waals surface area contributed by atoms with Crippen molar-refractivity contribution in [1.82, 2.24) is 4.98 Å². The molecule has 0 aliphatic heterocycles. The van der Waals surface area contributed by atoms with Crippen molar-refractivity contribution < 1.29 is 4.92 Å². The van der Waals surface area contributed by atoms with Gasteiger partial charge < -0.3 is 0 Å². The first-order chi connectivity index (χ1) is 8.20. The summed E-state index contributed by atoms with van der Waals surface area (Å²) in [4.78, 5) is 14.7. The molecule has 4 heteroatoms. The molecule has 0 amide bonds. The second-order valence-corrected chi connectivity index (χ2v) is 3.68. The third-order valence-electron chi connectivity index (χ3n) is 2.53. The number of fused-ring (bicyclic) bond motifs is 1. The van der Waals surface area contributed by atoms with Gasteiger partial charge in [-0.2, -0.15) is 0 Å². The standard InChI is InChI=1S/C13H12N2O2/c1-2-12(15(16)17)9-11-8-7-10-5-3-4-6-13(10)14-11/h3-9H,2H2,1H3. The predicted octanol–water partition coefficient (Wildman–Crippen LogP) is 3.26. The van der Waals surface area contributed by atoms with Gasteiger partial charge in [-0.25, -0.2) is 4.98 Å². The number of para-hydroxylation sites is 1. The third-order valence-corrected chi connectivity index (χ3v) is 2.53. The Morgan fingerprint density at radius 1 is 1.35 bits per heavy atom. The van der Waals surface area contributed by atoms with Crippen molar-refractivity contribution in [3.63, 3.8) is 0 Å². The highest BCUT2D eigenvalue weighted by molar-refractivity contribution is 5.79. The van der Waals surface area contributed by atoms with Crippen molar-refractivity contribution in [2.75, 3.05) is 0 Å². The van der Waals surface area contributed by atoms with Crippen molar-refractivity contribution in [2.24, 2.45) is 0 Å². The summed E-state index contributed by atoms with van der Waals surface area (Å²) in [5, 5.41) is 11.7. The Morgan fingerprint density at radius 3 is 2.82 bits per heavy atom. The molecular formula is C13H12N2O2. The maximum Gasteiger partial charge on any atom is 0.248 e. The van der Waals surface area contributed by atoms with Gasteiger partial charge in [0.1, 0.15) is 0 Å². The summed E-state index contributed by atoms with van der Waals surface area (Å²) >= 11 is 0. The number of rotatable bonds is 3. The van der Waals surface area contributed by atoms with E-state index in [1.807, 2.05) is 30.3 Å². The van der Waals surface area contributed by atoms with Crippen molar-refractivity contribution in [1.29, 1.82) is 0 Å². The van der Waals surface area contributed by atoms with E-state index in [0.29, 0.717) is 12.1 Å². The first-order valence-corrected chi connectivity index (χ1v) is 5.41. The van der Waals surface area contributed by atoms with E-state index in [9.17, 15) is 10.1 Å². The van der Waals surface area contributed by atoms with Gasteiger partial charge in [-0.05, 0) is 12.1 Å². The van der Waals surface area contributed by atoms with Crippen LogP contribution in [-0.2, 0) is 0 Å². The predicted molar refractivity (Wildman–Crippen MR) is 67.0 cm³/mol. The van der Waals surface area contributed by atoms with Crippen LogP contribution in [0.2, 0.25) is 0 Å². The Kier molecular flexibility index (Phi) is 3.14. The van der Waals surface area contributed by atoms with E-state index in [1.54, 1.807) is 13.0 Å². The van der Waals surface area contributed by atoms with Gasteiger partial charge in [-0.1, -0.05) is 31.2 Å². The van der Waals surface area contributed by atoms with E-state index in [2.05, 4.69) is 4.98 Å². The number of nitrogens with zero attached hydrogens (tertiary/aromatic N) is 2. The van der Waals surface area contributed by atoms with Gasteiger partial charge in [0.15, 0.2) is 0 Å². The van der Waals surface area contributed by atoms with Crippen LogP contribution >= 0.6 is 0 Å². The van der Waals surface area contributed by atoms with E-state index in [0.717, 1.165) is 10.9 Å². The van der Waals surface area contributed by atoms with Crippen LogP contribution in [0.4, 0.5) is 0 Å². The van der Waals surface area contributed by atoms with E-state index in [4.69, 9.17) is 0 Å². The zero-order chi connectivity index (χ0) is 12.3. The van der Waals surface area contributed by atoms with E-state index in [1.165, 1.54) is 6.08 Å². The molecule has 2 aromatic rings. The average Bonchev–Trinajstić information content (AvgIpc) is 2.35. The van der Waals surface area contributed by atoms with E-state index >= 15 is 0 Å². The lowest BCUT2D eigenvalue weighted by molar-refractivity contribution is -0.425. The second-order valence-electron chi connectivity index (χ2n) is 3.68. The van der Waals surface area contributed by atoms with Crippen molar-refractivity contribution >= 4 is 17.0 Å². The fourth-order valence-electron chi connectivity index (χ4n) is 1.62. The van der Waals surface area contributed by atoms with Gasteiger partial charge in [0.05, 0.1) is 16.1 Å². The molecule has 2 rings (SSSR count). The molecule has 1 aromatic carbocycles. The van der Waals surface area contributed by atoms with E-state index in [-0.39, 0.29) is 10.6 Å². The summed E-state index contributed by atoms with van der Waals surface area (Å²) in [5.74, 6) is 0. The molecule has 0 radical (unpaired) electrons. The van der Waals surface area contributed by atoms with Crippen LogP contribution in [0.15, 0.2) is 42.1 Å². The molecule has 17 heavy (non-hydrogen) atoms. The molecule has 0 unspecified atom stereocenters. The van der Waals surface area contributed by atoms with Gasteiger partial charge in [0, 0.05) is 17.9 Å². The Hall–Kier alpha value is -2.23. The summed E-state index contributed by atoms with van der Waals surface area (Å²) in [6, 6.07) is 11.4. The molecule has 0 fully saturated rings. The summed E-state index contributed by atoms with van der Waals surface area (Å²) in [6.07, 6.45) is 1.91. The molecule has 86 valence electrons. The Bertz CT molecular complexity index is 591. The number of pyridine rings is 1. The number of aromatic nitrogens is 1. The largest absolute Gasteiger partial charge is 0.259 e. The molecular weight excluding hydrogens is 216 g/mol. The molecule has 4 nitrogen and oxygen atoms in total. The molecule has 0 saturated carbocycles. The Morgan fingerprint density at radius 2 is 2.12 bits per heavy atom. The quantitative estimate of drug-likeness (QED) is 0.598. The molecule has 1 heterocycles. The lowest BCUT2D eigenvalue weighted by atomic mass is 10.2. The zero-order valence-corrected chi connectivity index (χ0v) is 9.46. The normalized spacial score (nSPS) is 11.7. The maximum absolute atomic E-state index is 10.7. The molecule has 0 aliphatic rings. The van der Waals surface area contributed by atoms with Gasteiger partial charge in [0.25, 0.3) is 0 Å². The second kappa shape index (κ2) is 4.74. The smallest absolute Gasteiger partial charge is 0.248 e. The minimum Gasteiger partial charge on any atom is -0.259 e. The highest BCUT2D eigenvalue weighted by Gasteiger charge is 2.07. The van der Waals surface area contributed by atoms with Crippen LogP contribution in [0.3, 0.4) is 0 Å². The number of hydrogen-bond acceptors (Lipinski definition) is 3. The van der Waals surface area contributed by atoms with Crippen LogP contribution in [-0.4, -0.2) is 9.91 Å². The molecule has 0 spiro atoms. The minimum absolute atomic E-state index is 0.174. The first kappa shape index (κ1) is 11.3. The number of nitro groups is 1. The van der Waals surface area contributed by atoms with Gasteiger partial charge in [-0.3, -0.25) is 10.1 Å². The van der Waals surface area contributed by atoms with Gasteiger partial charge in [-0.15, -0.1) is 0 Å². The lowest BCUT2D eigenvalue weighted by Gasteiger charge is -1.99. The summed E-state index contributed by atoms with van der Waals surface area (Å²) in [6.45, 7) is 1.76. The number of hydrogen-bond donors (Lipinski definition) is 0. The summed E-state index contributed by atoms with van der Waals surface area (Å²) in [7, 11) is 0. The lowest BCUT2D eigenvalue weighted by Crippen LogP contribution is -1.97. The number of benzene rings is 1. The van der Waals surface area contributed by atoms with Gasteiger partial charge >= 0.3 is 0 Å². The van der Waals surface area contributed by atoms with Gasteiger partial charge in [0.2, 0.25) is 5.70 Å². The minimum atomic E-state index is -0.364. The number of allylic oxidation sites excluding steroid dienone is 1. The Labute approximate surface area is 98.8 Å². The summed E-state index contributed by atoms with van der Waals surface area (Å²) < 4.78 is 0. The monoisotopic (exact) mass is 228 g/mol. The molecule has 0 aliphatic carbocycles. The molecule has 0 N–H and O–H groups in total. The molecule has 0 saturated heterocycles. The van der Waals surface area contributed by atoms with Crippen LogP contribution in [0.1, 0.15) is 19.0 Å². The molecule has 1 aromatic heterocycles. The fourth-order valence-corrected chi connectivity index (χ4v) is 1.62.